The number of hydrogen-bond acceptors (Lipinski definition) is 5. The van der Waals surface area contributed by atoms with Gasteiger partial charge in [0.05, 0.1) is 5.56 Å². The van der Waals surface area contributed by atoms with Crippen LogP contribution < -0.4 is 15.0 Å². The molecule has 2 N–H and O–H groups in total. The zero-order valence-corrected chi connectivity index (χ0v) is 26.4. The third kappa shape index (κ3) is 8.31. The van der Waals surface area contributed by atoms with Crippen LogP contribution in [0.5, 0.6) is 11.5 Å². The van der Waals surface area contributed by atoms with Gasteiger partial charge < -0.3 is 25.0 Å². The number of piperidine rings is 1. The summed E-state index contributed by atoms with van der Waals surface area (Å²) < 4.78 is 5.99. The summed E-state index contributed by atoms with van der Waals surface area (Å²) in [5.41, 5.74) is 5.46. The molecule has 0 bridgehead atoms. The number of benzene rings is 4. The summed E-state index contributed by atoms with van der Waals surface area (Å²) >= 11 is 0. The molecule has 0 saturated carbocycles. The molecule has 0 aliphatic carbocycles. The van der Waals surface area contributed by atoms with E-state index in [4.69, 9.17) is 9.84 Å². The highest BCUT2D eigenvalue weighted by atomic mass is 16.5. The summed E-state index contributed by atoms with van der Waals surface area (Å²) in [5.74, 6) is 0.359. The first-order chi connectivity index (χ1) is 21.8. The molecule has 1 aliphatic heterocycles. The van der Waals surface area contributed by atoms with Gasteiger partial charge in [0.2, 0.25) is 0 Å². The molecular formula is C38H43N3O4. The zero-order chi connectivity index (χ0) is 31.8. The van der Waals surface area contributed by atoms with Gasteiger partial charge in [-0.05, 0) is 105 Å². The normalized spacial score (nSPS) is 14.5. The van der Waals surface area contributed by atoms with Crippen molar-refractivity contribution >= 4 is 17.6 Å². The SMILES string of the molecule is Cc1cccc(C)c1C(=O)NCCC(C)N1CCC(N(Cc2ccccc2)c2ccc(Oc3ccc(C(=O)O)cc3)cc2)CC1. The van der Waals surface area contributed by atoms with Crippen LogP contribution in [0.4, 0.5) is 5.69 Å². The maximum Gasteiger partial charge on any atom is 0.335 e. The highest BCUT2D eigenvalue weighted by Gasteiger charge is 2.27. The van der Waals surface area contributed by atoms with Gasteiger partial charge in [0, 0.05) is 49.5 Å². The Kier molecular flexibility index (Phi) is 10.5. The molecule has 1 fully saturated rings. The van der Waals surface area contributed by atoms with E-state index >= 15 is 0 Å². The van der Waals surface area contributed by atoms with Crippen molar-refractivity contribution in [2.75, 3.05) is 24.5 Å². The maximum absolute atomic E-state index is 12.8. The molecule has 1 amide bonds. The highest BCUT2D eigenvalue weighted by molar-refractivity contribution is 5.97. The van der Waals surface area contributed by atoms with E-state index in [1.165, 1.54) is 5.56 Å². The predicted octanol–water partition coefficient (Wildman–Crippen LogP) is 7.47. The Balaban J connectivity index is 1.18. The van der Waals surface area contributed by atoms with Crippen LogP contribution >= 0.6 is 0 Å². The van der Waals surface area contributed by atoms with E-state index in [1.807, 2.05) is 50.2 Å². The molecule has 1 aliphatic rings. The van der Waals surface area contributed by atoms with Crippen molar-refractivity contribution in [1.82, 2.24) is 10.2 Å². The number of likely N-dealkylation sites (tertiary alicyclic amines) is 1. The van der Waals surface area contributed by atoms with Crippen LogP contribution in [-0.4, -0.2) is 53.6 Å². The number of amides is 1. The standard InChI is InChI=1S/C38H43N3O4/c1-27-8-7-9-28(2)36(27)37(42)39-23-20-29(3)40-24-21-33(22-25-40)41(26-30-10-5-4-6-11-30)32-14-18-35(19-15-32)45-34-16-12-31(13-17-34)38(43)44/h4-19,29,33H,20-26H2,1-3H3,(H,39,42)(H,43,44). The number of nitrogens with one attached hydrogen (secondary N) is 1. The molecule has 1 heterocycles. The summed E-state index contributed by atoms with van der Waals surface area (Å²) in [7, 11) is 0. The largest absolute Gasteiger partial charge is 0.478 e. The van der Waals surface area contributed by atoms with Gasteiger partial charge in [0.1, 0.15) is 11.5 Å². The minimum absolute atomic E-state index is 0.0144. The second-order valence-corrected chi connectivity index (χ2v) is 12.0. The van der Waals surface area contributed by atoms with E-state index in [0.29, 0.717) is 30.1 Å². The van der Waals surface area contributed by atoms with Crippen molar-refractivity contribution in [3.05, 3.63) is 125 Å². The Labute approximate surface area is 266 Å². The molecule has 45 heavy (non-hydrogen) atoms. The lowest BCUT2D eigenvalue weighted by molar-refractivity contribution is 0.0696. The van der Waals surface area contributed by atoms with Crippen molar-refractivity contribution in [3.8, 4) is 11.5 Å². The average molecular weight is 606 g/mol. The summed E-state index contributed by atoms with van der Waals surface area (Å²) in [6, 6.07) is 31.9. The number of carbonyl (C=O) groups excluding carboxylic acids is 1. The van der Waals surface area contributed by atoms with Gasteiger partial charge in [-0.2, -0.15) is 0 Å². The zero-order valence-electron chi connectivity index (χ0n) is 26.4. The fourth-order valence-electron chi connectivity index (χ4n) is 6.20. The fraction of sp³-hybridized carbons (Fsp3) is 0.316. The minimum atomic E-state index is -0.956. The molecule has 7 nitrogen and oxygen atoms in total. The molecule has 1 atom stereocenters. The number of ether oxygens (including phenoxy) is 1. The van der Waals surface area contributed by atoms with Crippen molar-refractivity contribution < 1.29 is 19.4 Å². The molecular weight excluding hydrogens is 562 g/mol. The number of aromatic carboxylic acids is 1. The Morgan fingerprint density at radius 3 is 2.07 bits per heavy atom. The third-order valence-corrected chi connectivity index (χ3v) is 8.82. The first kappa shape index (κ1) is 31.8. The lowest BCUT2D eigenvalue weighted by atomic mass is 9.99. The molecule has 4 aromatic rings. The van der Waals surface area contributed by atoms with Crippen LogP contribution in [0.15, 0.2) is 97.1 Å². The summed E-state index contributed by atoms with van der Waals surface area (Å²) in [4.78, 5) is 29.0. The maximum atomic E-state index is 12.8. The highest BCUT2D eigenvalue weighted by Crippen LogP contribution is 2.30. The fourth-order valence-corrected chi connectivity index (χ4v) is 6.20. The van der Waals surface area contributed by atoms with Crippen LogP contribution in [0.1, 0.15) is 63.6 Å². The Bertz CT molecular complexity index is 1540. The second kappa shape index (κ2) is 14.9. The van der Waals surface area contributed by atoms with E-state index in [9.17, 15) is 9.59 Å². The molecule has 7 heteroatoms. The van der Waals surface area contributed by atoms with Crippen molar-refractivity contribution in [2.24, 2.45) is 0 Å². The summed E-state index contributed by atoms with van der Waals surface area (Å²) in [6.45, 7) is 9.74. The van der Waals surface area contributed by atoms with Crippen LogP contribution in [0.25, 0.3) is 0 Å². The van der Waals surface area contributed by atoms with Crippen LogP contribution in [-0.2, 0) is 6.54 Å². The number of carboxylic acids is 1. The van der Waals surface area contributed by atoms with Crippen molar-refractivity contribution in [1.29, 1.82) is 0 Å². The minimum Gasteiger partial charge on any atom is -0.478 e. The Morgan fingerprint density at radius 1 is 0.867 bits per heavy atom. The molecule has 234 valence electrons. The van der Waals surface area contributed by atoms with E-state index in [1.54, 1.807) is 24.3 Å². The van der Waals surface area contributed by atoms with Crippen molar-refractivity contribution in [2.45, 2.75) is 58.7 Å². The molecule has 1 saturated heterocycles. The van der Waals surface area contributed by atoms with Gasteiger partial charge in [0.15, 0.2) is 0 Å². The van der Waals surface area contributed by atoms with Crippen LogP contribution in [0, 0.1) is 13.8 Å². The molecule has 4 aromatic carbocycles. The summed E-state index contributed by atoms with van der Waals surface area (Å²) in [5, 5.41) is 12.3. The Morgan fingerprint density at radius 2 is 1.47 bits per heavy atom. The third-order valence-electron chi connectivity index (χ3n) is 8.82. The van der Waals surface area contributed by atoms with E-state index < -0.39 is 5.97 Å². The van der Waals surface area contributed by atoms with Gasteiger partial charge in [-0.15, -0.1) is 0 Å². The van der Waals surface area contributed by atoms with E-state index in [2.05, 4.69) is 58.4 Å². The number of rotatable bonds is 12. The smallest absolute Gasteiger partial charge is 0.335 e. The first-order valence-corrected chi connectivity index (χ1v) is 15.8. The monoisotopic (exact) mass is 605 g/mol. The lowest BCUT2D eigenvalue weighted by Gasteiger charge is -2.42. The topological polar surface area (TPSA) is 82.1 Å². The van der Waals surface area contributed by atoms with Gasteiger partial charge >= 0.3 is 5.97 Å². The lowest BCUT2D eigenvalue weighted by Crippen LogP contribution is -2.48. The molecule has 0 aromatic heterocycles. The molecule has 0 spiro atoms. The number of carbonyl (C=O) groups is 2. The van der Waals surface area contributed by atoms with Crippen molar-refractivity contribution in [3.63, 3.8) is 0 Å². The summed E-state index contributed by atoms with van der Waals surface area (Å²) in [6.07, 6.45) is 3.02. The average Bonchev–Trinajstić information content (AvgIpc) is 3.05. The number of hydrogen-bond donors (Lipinski definition) is 2. The van der Waals surface area contributed by atoms with E-state index in [-0.39, 0.29) is 11.5 Å². The Hall–Kier alpha value is -4.62. The molecule has 5 rings (SSSR count). The number of aryl methyl sites for hydroxylation is 2. The number of carboxylic acid groups (broad SMARTS) is 1. The second-order valence-electron chi connectivity index (χ2n) is 12.0. The van der Waals surface area contributed by atoms with Gasteiger partial charge in [-0.1, -0.05) is 48.5 Å². The van der Waals surface area contributed by atoms with Crippen LogP contribution in [0.3, 0.4) is 0 Å². The van der Waals surface area contributed by atoms with E-state index in [0.717, 1.165) is 61.3 Å². The first-order valence-electron chi connectivity index (χ1n) is 15.8. The number of anilines is 1. The number of nitrogens with zero attached hydrogens (tertiary/aromatic N) is 2. The van der Waals surface area contributed by atoms with Gasteiger partial charge in [-0.3, -0.25) is 4.79 Å². The van der Waals surface area contributed by atoms with Gasteiger partial charge in [0.25, 0.3) is 5.91 Å². The van der Waals surface area contributed by atoms with Gasteiger partial charge in [-0.25, -0.2) is 4.79 Å². The quantitative estimate of drug-likeness (QED) is 0.174. The predicted molar refractivity (Wildman–Crippen MR) is 179 cm³/mol. The van der Waals surface area contributed by atoms with Crippen LogP contribution in [0.2, 0.25) is 0 Å². The molecule has 1 unspecified atom stereocenters. The molecule has 0 radical (unpaired) electrons.